The molecule has 0 spiro atoms. The molecule has 2 aliphatic heterocycles. The normalized spacial score (nSPS) is 23.3. The maximum atomic E-state index is 12.4. The van der Waals surface area contributed by atoms with E-state index in [1.54, 1.807) is 6.20 Å². The highest BCUT2D eigenvalue weighted by Gasteiger charge is 2.35. The SMILES string of the molecule is C[C@@H]1COCCN1c1cc(N=[SH]2(O)CCN(C(=O)C3CC3)CC2)nc(-c2ccnc3[nH]ccc23)n1. The largest absolute Gasteiger partial charge is 0.377 e. The van der Waals surface area contributed by atoms with Crippen LogP contribution in [0.3, 0.4) is 0 Å². The molecule has 0 radical (unpaired) electrons. The van der Waals surface area contributed by atoms with E-state index in [-0.39, 0.29) is 17.9 Å². The van der Waals surface area contributed by atoms with Crippen LogP contribution in [0.1, 0.15) is 19.8 Å². The molecule has 1 amide bonds. The van der Waals surface area contributed by atoms with Gasteiger partial charge >= 0.3 is 0 Å². The number of carbonyl (C=O) groups is 1. The van der Waals surface area contributed by atoms with Gasteiger partial charge in [-0.1, -0.05) is 10.1 Å². The number of morpholine rings is 1. The summed E-state index contributed by atoms with van der Waals surface area (Å²) in [6, 6.07) is 5.92. The van der Waals surface area contributed by atoms with Crippen molar-refractivity contribution >= 4 is 38.7 Å². The molecular weight excluding hydrogens is 466 g/mol. The van der Waals surface area contributed by atoms with Crippen LogP contribution >= 0.6 is 0 Å². The molecule has 3 aromatic heterocycles. The van der Waals surface area contributed by atoms with Gasteiger partial charge in [0.25, 0.3) is 0 Å². The molecular formula is C24H31N7O3S. The number of aromatic nitrogens is 4. The molecule has 2 N–H and O–H groups in total. The van der Waals surface area contributed by atoms with E-state index in [1.807, 2.05) is 29.3 Å². The molecule has 0 unspecified atom stereocenters. The molecule has 10 nitrogen and oxygen atoms in total. The van der Waals surface area contributed by atoms with Gasteiger partial charge < -0.3 is 24.1 Å². The number of ether oxygens (including phenoxy) is 1. The Labute approximate surface area is 205 Å². The lowest BCUT2D eigenvalue weighted by Gasteiger charge is -2.36. The van der Waals surface area contributed by atoms with Crippen molar-refractivity contribution in [2.75, 3.05) is 49.3 Å². The summed E-state index contributed by atoms with van der Waals surface area (Å²) >= 11 is 0. The third-order valence-electron chi connectivity index (χ3n) is 7.05. The molecule has 3 aliphatic rings. The number of amides is 1. The third kappa shape index (κ3) is 4.55. The van der Waals surface area contributed by atoms with Crippen molar-refractivity contribution in [1.29, 1.82) is 0 Å². The zero-order valence-corrected chi connectivity index (χ0v) is 20.7. The van der Waals surface area contributed by atoms with Crippen LogP contribution in [0, 0.1) is 5.92 Å². The number of pyridine rings is 1. The monoisotopic (exact) mass is 497 g/mol. The van der Waals surface area contributed by atoms with Gasteiger partial charge in [-0.3, -0.25) is 4.79 Å². The van der Waals surface area contributed by atoms with Crippen molar-refractivity contribution < 1.29 is 14.1 Å². The second-order valence-corrected chi connectivity index (χ2v) is 12.5. The van der Waals surface area contributed by atoms with E-state index in [2.05, 4.69) is 21.8 Å². The summed E-state index contributed by atoms with van der Waals surface area (Å²) in [5, 5.41) is 0.936. The maximum Gasteiger partial charge on any atom is 0.225 e. The predicted octanol–water partition coefficient (Wildman–Crippen LogP) is 2.67. The number of H-pyrrole nitrogens is 1. The molecule has 0 aromatic carbocycles. The number of carbonyl (C=O) groups excluding carboxylic acids is 1. The maximum absolute atomic E-state index is 12.4. The second kappa shape index (κ2) is 8.96. The fraction of sp³-hybridized carbons (Fsp3) is 0.500. The summed E-state index contributed by atoms with van der Waals surface area (Å²) in [5.41, 5.74) is 1.64. The molecule has 3 fully saturated rings. The van der Waals surface area contributed by atoms with Gasteiger partial charge in [0.05, 0.1) is 19.3 Å². The van der Waals surface area contributed by atoms with Gasteiger partial charge in [0.15, 0.2) is 11.6 Å². The summed E-state index contributed by atoms with van der Waals surface area (Å²) in [6.07, 6.45) is 5.58. The van der Waals surface area contributed by atoms with Crippen LogP contribution in [-0.4, -0.2) is 85.7 Å². The minimum absolute atomic E-state index is 0.165. The summed E-state index contributed by atoms with van der Waals surface area (Å²) in [5.74, 6) is 3.26. The van der Waals surface area contributed by atoms with Crippen molar-refractivity contribution in [2.45, 2.75) is 25.8 Å². The van der Waals surface area contributed by atoms with Crippen molar-refractivity contribution in [1.82, 2.24) is 24.8 Å². The Morgan fingerprint density at radius 3 is 2.83 bits per heavy atom. The summed E-state index contributed by atoms with van der Waals surface area (Å²) < 4.78 is 21.9. The summed E-state index contributed by atoms with van der Waals surface area (Å²) in [7, 11) is -2.62. The molecule has 1 saturated carbocycles. The molecule has 5 heterocycles. The number of nitrogens with zero attached hydrogens (tertiary/aromatic N) is 6. The van der Waals surface area contributed by atoms with Crippen LogP contribution in [0.5, 0.6) is 0 Å². The number of nitrogens with one attached hydrogen (secondary N) is 1. The lowest BCUT2D eigenvalue weighted by molar-refractivity contribution is -0.132. The zero-order valence-electron chi connectivity index (χ0n) is 19.8. The number of hydrogen-bond acceptors (Lipinski definition) is 7. The van der Waals surface area contributed by atoms with Gasteiger partial charge in [0.2, 0.25) is 5.91 Å². The van der Waals surface area contributed by atoms with Crippen LogP contribution in [0.25, 0.3) is 22.4 Å². The minimum Gasteiger partial charge on any atom is -0.377 e. The molecule has 186 valence electrons. The highest BCUT2D eigenvalue weighted by molar-refractivity contribution is 8.00. The Morgan fingerprint density at radius 1 is 1.23 bits per heavy atom. The van der Waals surface area contributed by atoms with E-state index in [9.17, 15) is 9.35 Å². The topological polar surface area (TPSA) is 120 Å². The van der Waals surface area contributed by atoms with Gasteiger partial charge in [0, 0.05) is 66.5 Å². The Morgan fingerprint density at radius 2 is 2.06 bits per heavy atom. The standard InChI is InChI=1S/C24H31N7O3S/c1-16-15-34-11-8-31(16)21-14-20(27-23(28-21)19-5-7-26-22-18(19)4-6-25-22)29-35(33)12-9-30(10-13-35)24(32)17-2-3-17/h4-7,14,16-17,35H,2-3,8-13,15H2,1H3,(H,25,26)(H,27,28,29,33)/t16-/m1/s1. The average Bonchev–Trinajstić information content (AvgIpc) is 3.60. The van der Waals surface area contributed by atoms with Gasteiger partial charge in [-0.25, -0.2) is 19.3 Å². The number of aromatic amines is 1. The van der Waals surface area contributed by atoms with E-state index in [0.29, 0.717) is 49.5 Å². The minimum atomic E-state index is -2.62. The molecule has 35 heavy (non-hydrogen) atoms. The van der Waals surface area contributed by atoms with Crippen LogP contribution in [0.15, 0.2) is 35.0 Å². The van der Waals surface area contributed by atoms with E-state index >= 15 is 0 Å². The van der Waals surface area contributed by atoms with E-state index in [4.69, 9.17) is 19.1 Å². The number of thiol groups is 1. The molecule has 1 atom stereocenters. The summed E-state index contributed by atoms with van der Waals surface area (Å²) in [4.78, 5) is 33.8. The number of anilines is 1. The molecule has 2 saturated heterocycles. The van der Waals surface area contributed by atoms with E-state index in [0.717, 1.165) is 41.8 Å². The van der Waals surface area contributed by atoms with Gasteiger partial charge in [-0.2, -0.15) is 0 Å². The first-order valence-electron chi connectivity index (χ1n) is 12.3. The first-order chi connectivity index (χ1) is 17.0. The predicted molar refractivity (Wildman–Crippen MR) is 137 cm³/mol. The van der Waals surface area contributed by atoms with E-state index < -0.39 is 10.1 Å². The molecule has 6 rings (SSSR count). The highest BCUT2D eigenvalue weighted by Crippen LogP contribution is 2.33. The highest BCUT2D eigenvalue weighted by atomic mass is 32.3. The van der Waals surface area contributed by atoms with Crippen LogP contribution in [0.2, 0.25) is 0 Å². The number of hydrogen-bond donors (Lipinski definition) is 3. The first kappa shape index (κ1) is 22.6. The third-order valence-corrected chi connectivity index (χ3v) is 9.45. The van der Waals surface area contributed by atoms with Crippen molar-refractivity contribution in [3.05, 3.63) is 30.6 Å². The fourth-order valence-electron chi connectivity index (χ4n) is 4.85. The quantitative estimate of drug-likeness (QED) is 0.474. The van der Waals surface area contributed by atoms with Crippen molar-refractivity contribution in [3.8, 4) is 11.4 Å². The number of rotatable bonds is 4. The Kier molecular flexibility index (Phi) is 5.78. The van der Waals surface area contributed by atoms with Gasteiger partial charge in [-0.05, 0) is 31.9 Å². The lowest BCUT2D eigenvalue weighted by Crippen LogP contribution is -2.46. The molecule has 11 heteroatoms. The van der Waals surface area contributed by atoms with E-state index in [1.165, 1.54) is 0 Å². The fourth-order valence-corrected chi connectivity index (χ4v) is 6.88. The average molecular weight is 498 g/mol. The first-order valence-corrected chi connectivity index (χ1v) is 14.3. The zero-order chi connectivity index (χ0) is 24.0. The molecule has 0 bridgehead atoms. The van der Waals surface area contributed by atoms with Gasteiger partial charge in [0.1, 0.15) is 11.5 Å². The van der Waals surface area contributed by atoms with Crippen molar-refractivity contribution in [2.24, 2.45) is 10.3 Å². The Bertz CT molecular complexity index is 1310. The molecule has 1 aliphatic carbocycles. The van der Waals surface area contributed by atoms with Crippen molar-refractivity contribution in [3.63, 3.8) is 0 Å². The van der Waals surface area contributed by atoms with Gasteiger partial charge in [-0.15, -0.1) is 0 Å². The Balaban J connectivity index is 1.38. The smallest absolute Gasteiger partial charge is 0.225 e. The lowest BCUT2D eigenvalue weighted by atomic mass is 10.1. The Hall–Kier alpha value is -2.89. The molecule has 3 aromatic rings. The number of fused-ring (bicyclic) bond motifs is 1. The summed E-state index contributed by atoms with van der Waals surface area (Å²) in [6.45, 7) is 5.22. The van der Waals surface area contributed by atoms with Crippen LogP contribution < -0.4 is 4.90 Å². The van der Waals surface area contributed by atoms with Crippen LogP contribution in [-0.2, 0) is 19.6 Å². The van der Waals surface area contributed by atoms with Crippen LogP contribution in [0.4, 0.5) is 11.6 Å². The second-order valence-electron chi connectivity index (χ2n) is 9.65.